The summed E-state index contributed by atoms with van der Waals surface area (Å²) < 4.78 is 0. The maximum absolute atomic E-state index is 10.0. The molecule has 0 saturated carbocycles. The van der Waals surface area contributed by atoms with Crippen LogP contribution < -0.4 is 5.73 Å². The van der Waals surface area contributed by atoms with E-state index in [1.54, 1.807) is 6.92 Å². The second kappa shape index (κ2) is 3.65. The molecule has 0 atom stereocenters. The topological polar surface area (TPSA) is 75.7 Å². The van der Waals surface area contributed by atoms with Crippen molar-refractivity contribution in [1.29, 1.82) is 0 Å². The Hall–Kier alpha value is -1.32. The van der Waals surface area contributed by atoms with Gasteiger partial charge in [-0.05, 0) is 13.0 Å². The molecular formula is C5H8N2O2. The predicted molar refractivity (Wildman–Crippen MR) is 33.2 cm³/mol. The van der Waals surface area contributed by atoms with Crippen molar-refractivity contribution < 1.29 is 10.0 Å². The van der Waals surface area contributed by atoms with Gasteiger partial charge in [0, 0.05) is 6.08 Å². The van der Waals surface area contributed by atoms with Crippen molar-refractivity contribution >= 4 is 11.6 Å². The van der Waals surface area contributed by atoms with Crippen molar-refractivity contribution in [3.63, 3.8) is 0 Å². The van der Waals surface area contributed by atoms with Gasteiger partial charge in [-0.3, -0.25) is 4.79 Å². The number of carbonyl (C=O) groups is 1. The minimum atomic E-state index is -0.557. The fourth-order valence-corrected chi connectivity index (χ4v) is 0.236. The van der Waals surface area contributed by atoms with Crippen molar-refractivity contribution in [2.75, 3.05) is 0 Å². The van der Waals surface area contributed by atoms with Gasteiger partial charge in [0.05, 0.1) is 5.71 Å². The van der Waals surface area contributed by atoms with Crippen molar-refractivity contribution in [2.24, 2.45) is 10.9 Å². The van der Waals surface area contributed by atoms with Crippen LogP contribution in [0.25, 0.3) is 0 Å². The molecule has 0 saturated heterocycles. The predicted octanol–water partition coefficient (Wildman–Crippen LogP) is -0.122. The van der Waals surface area contributed by atoms with Crippen LogP contribution in [0, 0.1) is 0 Å². The number of amides is 1. The van der Waals surface area contributed by atoms with E-state index in [1.807, 2.05) is 0 Å². The van der Waals surface area contributed by atoms with Gasteiger partial charge >= 0.3 is 0 Å². The van der Waals surface area contributed by atoms with Gasteiger partial charge in [-0.1, -0.05) is 5.16 Å². The summed E-state index contributed by atoms with van der Waals surface area (Å²) in [5.41, 5.74) is 5.07. The Labute approximate surface area is 52.7 Å². The lowest BCUT2D eigenvalue weighted by Gasteiger charge is -1.81. The minimum absolute atomic E-state index is 0.341. The Morgan fingerprint density at radius 3 is 2.56 bits per heavy atom. The summed E-state index contributed by atoms with van der Waals surface area (Å²) >= 11 is 0. The van der Waals surface area contributed by atoms with Crippen molar-refractivity contribution in [3.8, 4) is 0 Å². The molecule has 1 amide bonds. The first-order valence-corrected chi connectivity index (χ1v) is 2.33. The summed E-state index contributed by atoms with van der Waals surface area (Å²) in [4.78, 5) is 10.0. The van der Waals surface area contributed by atoms with Crippen LogP contribution in [0.3, 0.4) is 0 Å². The zero-order valence-corrected chi connectivity index (χ0v) is 5.03. The van der Waals surface area contributed by atoms with Crippen LogP contribution in [0.2, 0.25) is 0 Å². The van der Waals surface area contributed by atoms with E-state index in [-0.39, 0.29) is 0 Å². The zero-order chi connectivity index (χ0) is 7.28. The molecule has 0 aromatic heterocycles. The highest BCUT2D eigenvalue weighted by molar-refractivity contribution is 5.98. The molecule has 0 unspecified atom stereocenters. The molecule has 0 aliphatic carbocycles. The maximum Gasteiger partial charge on any atom is 0.241 e. The summed E-state index contributed by atoms with van der Waals surface area (Å²) in [6.07, 6.45) is 2.44. The summed E-state index contributed by atoms with van der Waals surface area (Å²) in [6.45, 7) is 1.54. The normalized spacial score (nSPS) is 12.3. The van der Waals surface area contributed by atoms with Gasteiger partial charge in [-0.25, -0.2) is 0 Å². The molecule has 0 bridgehead atoms. The van der Waals surface area contributed by atoms with E-state index >= 15 is 0 Å². The highest BCUT2D eigenvalue weighted by Crippen LogP contribution is 1.76. The van der Waals surface area contributed by atoms with Crippen LogP contribution in [0.4, 0.5) is 0 Å². The van der Waals surface area contributed by atoms with Crippen LogP contribution in [0.15, 0.2) is 17.3 Å². The molecule has 3 N–H and O–H groups in total. The number of nitrogens with zero attached hydrogens (tertiary/aromatic N) is 1. The summed E-state index contributed by atoms with van der Waals surface area (Å²) in [5.74, 6) is -0.557. The number of nitrogens with two attached hydrogens (primary N) is 1. The van der Waals surface area contributed by atoms with Crippen LogP contribution >= 0.6 is 0 Å². The lowest BCUT2D eigenvalue weighted by Crippen LogP contribution is -2.06. The monoisotopic (exact) mass is 128 g/mol. The Morgan fingerprint density at radius 1 is 1.67 bits per heavy atom. The summed E-state index contributed by atoms with van der Waals surface area (Å²) in [5, 5.41) is 10.8. The molecule has 0 aromatic carbocycles. The third-order valence-electron chi connectivity index (χ3n) is 0.647. The van der Waals surface area contributed by atoms with Crippen molar-refractivity contribution in [3.05, 3.63) is 12.2 Å². The van der Waals surface area contributed by atoms with Gasteiger partial charge in [0.25, 0.3) is 0 Å². The molecule has 0 spiro atoms. The van der Waals surface area contributed by atoms with E-state index in [9.17, 15) is 4.79 Å². The maximum atomic E-state index is 10.0. The molecule has 0 radical (unpaired) electrons. The molecular weight excluding hydrogens is 120 g/mol. The average Bonchev–Trinajstić information content (AvgIpc) is 1.83. The third kappa shape index (κ3) is 4.53. The van der Waals surface area contributed by atoms with Gasteiger partial charge in [-0.2, -0.15) is 0 Å². The molecule has 4 heteroatoms. The quantitative estimate of drug-likeness (QED) is 0.235. The highest BCUT2D eigenvalue weighted by Gasteiger charge is 1.83. The molecule has 0 aliphatic heterocycles. The highest BCUT2D eigenvalue weighted by atomic mass is 16.4. The third-order valence-corrected chi connectivity index (χ3v) is 0.647. The second-order valence-electron chi connectivity index (χ2n) is 1.48. The Balaban J connectivity index is 3.86. The lowest BCUT2D eigenvalue weighted by molar-refractivity contribution is -0.113. The summed E-state index contributed by atoms with van der Waals surface area (Å²) in [6, 6.07) is 0. The smallest absolute Gasteiger partial charge is 0.241 e. The van der Waals surface area contributed by atoms with Crippen LogP contribution in [-0.2, 0) is 4.79 Å². The Bertz CT molecular complexity index is 160. The fraction of sp³-hybridized carbons (Fsp3) is 0.200. The Morgan fingerprint density at radius 2 is 2.22 bits per heavy atom. The van der Waals surface area contributed by atoms with Crippen LogP contribution in [0.5, 0.6) is 0 Å². The van der Waals surface area contributed by atoms with Gasteiger partial charge in [0.15, 0.2) is 0 Å². The standard InChI is InChI=1S/C5H8N2O2/c1-4(7-9)2-3-5(6)8/h2-3,9H,1H3,(H2,6,8)/b3-2+,7-4-. The molecule has 4 nitrogen and oxygen atoms in total. The largest absolute Gasteiger partial charge is 0.411 e. The lowest BCUT2D eigenvalue weighted by atomic mass is 10.4. The van der Waals surface area contributed by atoms with E-state index in [0.29, 0.717) is 5.71 Å². The minimum Gasteiger partial charge on any atom is -0.411 e. The van der Waals surface area contributed by atoms with Gasteiger partial charge in [-0.15, -0.1) is 0 Å². The average molecular weight is 128 g/mol. The number of oxime groups is 1. The van der Waals surface area contributed by atoms with Crippen molar-refractivity contribution in [2.45, 2.75) is 6.92 Å². The number of allylic oxidation sites excluding steroid dienone is 1. The first-order valence-electron chi connectivity index (χ1n) is 2.33. The van der Waals surface area contributed by atoms with Crippen LogP contribution in [-0.4, -0.2) is 16.8 Å². The number of hydrogen-bond acceptors (Lipinski definition) is 3. The number of hydrogen-bond donors (Lipinski definition) is 2. The van der Waals surface area contributed by atoms with E-state index in [2.05, 4.69) is 5.16 Å². The molecule has 0 fully saturated rings. The zero-order valence-electron chi connectivity index (χ0n) is 5.03. The molecule has 0 aliphatic rings. The van der Waals surface area contributed by atoms with Gasteiger partial charge in [0.2, 0.25) is 5.91 Å². The SMILES string of the molecule is CC(/C=C/C(N)=O)=N/O. The second-order valence-corrected chi connectivity index (χ2v) is 1.48. The van der Waals surface area contributed by atoms with Gasteiger partial charge in [0.1, 0.15) is 0 Å². The van der Waals surface area contributed by atoms with Gasteiger partial charge < -0.3 is 10.9 Å². The van der Waals surface area contributed by atoms with E-state index in [1.165, 1.54) is 6.08 Å². The van der Waals surface area contributed by atoms with E-state index in [4.69, 9.17) is 10.9 Å². The van der Waals surface area contributed by atoms with Crippen molar-refractivity contribution in [1.82, 2.24) is 0 Å². The fourth-order valence-electron chi connectivity index (χ4n) is 0.236. The first kappa shape index (κ1) is 7.68. The molecule has 9 heavy (non-hydrogen) atoms. The summed E-state index contributed by atoms with van der Waals surface area (Å²) in [7, 11) is 0. The first-order chi connectivity index (χ1) is 4.16. The number of rotatable bonds is 2. The Kier molecular flexibility index (Phi) is 3.12. The van der Waals surface area contributed by atoms with E-state index in [0.717, 1.165) is 6.08 Å². The van der Waals surface area contributed by atoms with E-state index < -0.39 is 5.91 Å². The van der Waals surface area contributed by atoms with Crippen LogP contribution in [0.1, 0.15) is 6.92 Å². The molecule has 50 valence electrons. The molecule has 0 rings (SSSR count). The molecule has 0 aromatic rings. The number of primary amides is 1. The molecule has 0 heterocycles. The number of carbonyl (C=O) groups excluding carboxylic acids is 1.